The van der Waals surface area contributed by atoms with E-state index in [-0.39, 0.29) is 0 Å². The summed E-state index contributed by atoms with van der Waals surface area (Å²) in [5.41, 5.74) is 8.48. The monoisotopic (exact) mass is 685 g/mol. The zero-order chi connectivity index (χ0) is 33.5. The lowest BCUT2D eigenvalue weighted by atomic mass is 10.0. The van der Waals surface area contributed by atoms with Gasteiger partial charge >= 0.3 is 0 Å². The van der Waals surface area contributed by atoms with Crippen molar-refractivity contribution in [3.8, 4) is 39.6 Å². The Morgan fingerprint density at radius 3 is 1.76 bits per heavy atom. The fourth-order valence-electron chi connectivity index (χ4n) is 7.71. The molecule has 0 spiro atoms. The summed E-state index contributed by atoms with van der Waals surface area (Å²) in [6.45, 7) is 0. The van der Waals surface area contributed by atoms with Crippen LogP contribution in [0.15, 0.2) is 164 Å². The van der Waals surface area contributed by atoms with E-state index >= 15 is 0 Å². The van der Waals surface area contributed by atoms with E-state index in [2.05, 4.69) is 156 Å². The summed E-state index contributed by atoms with van der Waals surface area (Å²) in [6.07, 6.45) is 0. The molecule has 0 bridgehead atoms. The number of nitrogens with zero attached hydrogens (tertiary/aromatic N) is 3. The van der Waals surface area contributed by atoms with Gasteiger partial charge in [0.1, 0.15) is 0 Å². The van der Waals surface area contributed by atoms with Crippen LogP contribution in [0.1, 0.15) is 0 Å². The minimum Gasteiger partial charge on any atom is -0.309 e. The maximum Gasteiger partial charge on any atom is 0.160 e. The lowest BCUT2D eigenvalue weighted by Crippen LogP contribution is -1.98. The molecule has 11 rings (SSSR count). The van der Waals surface area contributed by atoms with E-state index < -0.39 is 0 Å². The number of thiophene rings is 2. The van der Waals surface area contributed by atoms with E-state index in [9.17, 15) is 0 Å². The predicted molar refractivity (Wildman–Crippen MR) is 218 cm³/mol. The van der Waals surface area contributed by atoms with E-state index in [1.165, 1.54) is 62.2 Å². The number of rotatable bonds is 4. The van der Waals surface area contributed by atoms with Crippen molar-refractivity contribution in [1.29, 1.82) is 0 Å². The molecule has 0 amide bonds. The summed E-state index contributed by atoms with van der Waals surface area (Å²) in [7, 11) is 0. The minimum absolute atomic E-state index is 0.718. The normalized spacial score (nSPS) is 11.9. The second-order valence-electron chi connectivity index (χ2n) is 12.9. The number of aromatic nitrogens is 3. The van der Waals surface area contributed by atoms with Gasteiger partial charge in [0.25, 0.3) is 0 Å². The summed E-state index contributed by atoms with van der Waals surface area (Å²) in [5.74, 6) is 0.718. The Bertz CT molecular complexity index is 3020. The Hall–Kier alpha value is -6.14. The van der Waals surface area contributed by atoms with Crippen LogP contribution in [0.2, 0.25) is 0 Å². The van der Waals surface area contributed by atoms with Crippen molar-refractivity contribution < 1.29 is 0 Å². The second kappa shape index (κ2) is 11.2. The van der Waals surface area contributed by atoms with Crippen molar-refractivity contribution in [3.63, 3.8) is 0 Å². The summed E-state index contributed by atoms with van der Waals surface area (Å²) in [6, 6.07) is 58.6. The summed E-state index contributed by atoms with van der Waals surface area (Å²) in [5, 5.41) is 7.69. The Morgan fingerprint density at radius 2 is 1.02 bits per heavy atom. The van der Waals surface area contributed by atoms with Crippen LogP contribution in [0.25, 0.3) is 102 Å². The molecular formula is C46H27N3S2. The van der Waals surface area contributed by atoms with Crippen LogP contribution in [-0.4, -0.2) is 14.5 Å². The molecule has 0 unspecified atom stereocenters. The molecule has 7 aromatic carbocycles. The van der Waals surface area contributed by atoms with Gasteiger partial charge < -0.3 is 4.57 Å². The first-order chi connectivity index (χ1) is 25.3. The summed E-state index contributed by atoms with van der Waals surface area (Å²) >= 11 is 3.76. The lowest BCUT2D eigenvalue weighted by molar-refractivity contribution is 1.17. The largest absolute Gasteiger partial charge is 0.309 e. The molecule has 0 aliphatic heterocycles. The van der Waals surface area contributed by atoms with Crippen molar-refractivity contribution >= 4 is 84.8 Å². The molecule has 3 nitrogen and oxygen atoms in total. The molecule has 238 valence electrons. The highest BCUT2D eigenvalue weighted by atomic mass is 32.1. The third-order valence-corrected chi connectivity index (χ3v) is 12.4. The number of benzene rings is 7. The second-order valence-corrected chi connectivity index (χ2v) is 15.1. The van der Waals surface area contributed by atoms with Gasteiger partial charge in [-0.05, 0) is 42.5 Å². The molecule has 51 heavy (non-hydrogen) atoms. The first kappa shape index (κ1) is 28.7. The van der Waals surface area contributed by atoms with Crippen molar-refractivity contribution in [3.05, 3.63) is 164 Å². The van der Waals surface area contributed by atoms with E-state index in [4.69, 9.17) is 9.97 Å². The molecule has 0 saturated heterocycles. The topological polar surface area (TPSA) is 30.7 Å². The quantitative estimate of drug-likeness (QED) is 0.185. The average molecular weight is 686 g/mol. The standard InChI is InChI=1S/C46H27N3S2/c1-3-13-28(14-4-1)37-27-38(48-46(47-37)29-15-5-2-6-16-29)35-25-30(49-39-20-10-7-17-31(39)32-18-8-11-21-40(32)49)26-36-43-42(51-44(35)36)24-23-34-33-19-9-12-22-41(33)50-45(34)43/h1-27H. The smallest absolute Gasteiger partial charge is 0.160 e. The van der Waals surface area contributed by atoms with Crippen LogP contribution in [0, 0.1) is 0 Å². The van der Waals surface area contributed by atoms with Crippen LogP contribution >= 0.6 is 22.7 Å². The van der Waals surface area contributed by atoms with Crippen LogP contribution in [-0.2, 0) is 0 Å². The van der Waals surface area contributed by atoms with E-state index in [0.717, 1.165) is 39.6 Å². The first-order valence-corrected chi connectivity index (χ1v) is 18.7. The van der Waals surface area contributed by atoms with Crippen LogP contribution in [0.4, 0.5) is 0 Å². The molecule has 0 saturated carbocycles. The predicted octanol–water partition coefficient (Wildman–Crippen LogP) is 13.3. The van der Waals surface area contributed by atoms with E-state index in [0.29, 0.717) is 0 Å². The van der Waals surface area contributed by atoms with E-state index in [1.54, 1.807) is 0 Å². The zero-order valence-electron chi connectivity index (χ0n) is 27.2. The maximum absolute atomic E-state index is 5.35. The van der Waals surface area contributed by atoms with Gasteiger partial charge in [0.05, 0.1) is 22.4 Å². The fourth-order valence-corrected chi connectivity index (χ4v) is 10.3. The zero-order valence-corrected chi connectivity index (χ0v) is 28.9. The minimum atomic E-state index is 0.718. The first-order valence-electron chi connectivity index (χ1n) is 17.1. The van der Waals surface area contributed by atoms with Gasteiger partial charge in [0.2, 0.25) is 0 Å². The third kappa shape index (κ3) is 4.42. The molecule has 0 N–H and O–H groups in total. The maximum atomic E-state index is 5.35. The van der Waals surface area contributed by atoms with Crippen LogP contribution in [0.3, 0.4) is 0 Å². The molecule has 0 aliphatic carbocycles. The summed E-state index contributed by atoms with van der Waals surface area (Å²) in [4.78, 5) is 10.5. The molecule has 4 aromatic heterocycles. The Labute approximate surface area is 301 Å². The highest BCUT2D eigenvalue weighted by Crippen LogP contribution is 2.48. The SMILES string of the molecule is c1ccc(-c2cc(-c3cc(-n4c5ccccc5c5ccccc54)cc4c3sc3ccc5c6ccccc6sc5c34)nc(-c3ccccc3)n2)cc1. The molecular weight excluding hydrogens is 659 g/mol. The Balaban J connectivity index is 1.29. The number of hydrogen-bond donors (Lipinski definition) is 0. The van der Waals surface area contributed by atoms with Gasteiger partial charge in [-0.1, -0.05) is 121 Å². The molecule has 4 heterocycles. The van der Waals surface area contributed by atoms with E-state index in [1.807, 2.05) is 34.8 Å². The van der Waals surface area contributed by atoms with Gasteiger partial charge in [0.15, 0.2) is 5.82 Å². The molecule has 0 radical (unpaired) electrons. The highest BCUT2D eigenvalue weighted by molar-refractivity contribution is 7.30. The third-order valence-electron chi connectivity index (χ3n) is 10.0. The average Bonchev–Trinajstić information content (AvgIpc) is 3.87. The Morgan fingerprint density at radius 1 is 0.412 bits per heavy atom. The van der Waals surface area contributed by atoms with Gasteiger partial charge in [-0.25, -0.2) is 9.97 Å². The highest BCUT2D eigenvalue weighted by Gasteiger charge is 2.21. The van der Waals surface area contributed by atoms with Gasteiger partial charge in [-0.2, -0.15) is 0 Å². The molecule has 11 aromatic rings. The lowest BCUT2D eigenvalue weighted by Gasteiger charge is -2.14. The molecule has 0 atom stereocenters. The van der Waals surface area contributed by atoms with Crippen molar-refractivity contribution in [2.45, 2.75) is 0 Å². The fraction of sp³-hybridized carbons (Fsp3) is 0. The summed E-state index contributed by atoms with van der Waals surface area (Å²) < 4.78 is 7.60. The van der Waals surface area contributed by atoms with Crippen molar-refractivity contribution in [2.75, 3.05) is 0 Å². The van der Waals surface area contributed by atoms with Crippen LogP contribution in [0.5, 0.6) is 0 Å². The Kier molecular flexibility index (Phi) is 6.29. The van der Waals surface area contributed by atoms with Gasteiger partial charge in [-0.15, -0.1) is 22.7 Å². The van der Waals surface area contributed by atoms with Gasteiger partial charge in [0, 0.05) is 73.5 Å². The van der Waals surface area contributed by atoms with Crippen LogP contribution < -0.4 is 0 Å². The van der Waals surface area contributed by atoms with Crippen molar-refractivity contribution in [1.82, 2.24) is 14.5 Å². The molecule has 0 fully saturated rings. The number of hydrogen-bond acceptors (Lipinski definition) is 4. The number of para-hydroxylation sites is 2. The molecule has 5 heteroatoms. The molecule has 0 aliphatic rings. The number of fused-ring (bicyclic) bond motifs is 10. The van der Waals surface area contributed by atoms with Crippen molar-refractivity contribution in [2.24, 2.45) is 0 Å². The van der Waals surface area contributed by atoms with Gasteiger partial charge in [-0.3, -0.25) is 0 Å².